The molecule has 0 spiro atoms. The Labute approximate surface area is 62.2 Å². The molecule has 1 rings (SSSR count). The molecule has 3 nitrogen and oxygen atoms in total. The third kappa shape index (κ3) is 1.54. The third-order valence-corrected chi connectivity index (χ3v) is 1.19. The lowest BCUT2D eigenvalue weighted by atomic mass is 10.3. The van der Waals surface area contributed by atoms with Crippen LogP contribution in [-0.2, 0) is 5.92 Å². The molecule has 0 aromatic carbocycles. The molecular weight excluding hydrogens is 154 g/mol. The standard InChI is InChI=1S/C6H8F2N2O/c1-4-2-11-5(10-4)6(7,8)3-9/h2H,3,9H2,1H3. The number of nitrogens with two attached hydrogens (primary N) is 1. The van der Waals surface area contributed by atoms with Gasteiger partial charge in [0.05, 0.1) is 12.2 Å². The van der Waals surface area contributed by atoms with E-state index in [4.69, 9.17) is 5.73 Å². The minimum atomic E-state index is -3.14. The SMILES string of the molecule is Cc1coc(C(F)(F)CN)n1. The van der Waals surface area contributed by atoms with Crippen LogP contribution >= 0.6 is 0 Å². The highest BCUT2D eigenvalue weighted by molar-refractivity contribution is 4.99. The van der Waals surface area contributed by atoms with E-state index in [0.29, 0.717) is 5.69 Å². The lowest BCUT2D eigenvalue weighted by molar-refractivity contribution is -0.0213. The highest BCUT2D eigenvalue weighted by Crippen LogP contribution is 2.25. The Morgan fingerprint density at radius 2 is 2.36 bits per heavy atom. The molecule has 0 atom stereocenters. The summed E-state index contributed by atoms with van der Waals surface area (Å²) in [5, 5.41) is 0. The van der Waals surface area contributed by atoms with Gasteiger partial charge in [0.25, 0.3) is 5.89 Å². The summed E-state index contributed by atoms with van der Waals surface area (Å²) in [6.07, 6.45) is 1.17. The van der Waals surface area contributed by atoms with Gasteiger partial charge in [-0.15, -0.1) is 0 Å². The second-order valence-electron chi connectivity index (χ2n) is 2.20. The van der Waals surface area contributed by atoms with E-state index in [0.717, 1.165) is 0 Å². The van der Waals surface area contributed by atoms with Crippen LogP contribution in [0.3, 0.4) is 0 Å². The molecule has 0 radical (unpaired) electrons. The first kappa shape index (κ1) is 8.13. The van der Waals surface area contributed by atoms with E-state index in [1.807, 2.05) is 0 Å². The zero-order valence-corrected chi connectivity index (χ0v) is 5.97. The molecule has 0 aliphatic rings. The van der Waals surface area contributed by atoms with Crippen LogP contribution < -0.4 is 5.73 Å². The Morgan fingerprint density at radius 3 is 2.73 bits per heavy atom. The molecule has 62 valence electrons. The van der Waals surface area contributed by atoms with Gasteiger partial charge in [-0.2, -0.15) is 8.78 Å². The first-order valence-corrected chi connectivity index (χ1v) is 3.07. The average molecular weight is 162 g/mol. The van der Waals surface area contributed by atoms with E-state index in [9.17, 15) is 8.78 Å². The number of alkyl halides is 2. The number of halogens is 2. The number of aromatic nitrogens is 1. The van der Waals surface area contributed by atoms with Crippen LogP contribution in [0.1, 0.15) is 11.6 Å². The fourth-order valence-corrected chi connectivity index (χ4v) is 0.609. The maximum atomic E-state index is 12.6. The molecule has 0 bridgehead atoms. The number of aryl methyl sites for hydroxylation is 1. The Balaban J connectivity index is 2.92. The van der Waals surface area contributed by atoms with Gasteiger partial charge in [-0.3, -0.25) is 0 Å². The average Bonchev–Trinajstić information content (AvgIpc) is 2.36. The van der Waals surface area contributed by atoms with Crippen molar-refractivity contribution in [3.63, 3.8) is 0 Å². The highest BCUT2D eigenvalue weighted by Gasteiger charge is 2.35. The van der Waals surface area contributed by atoms with Crippen LogP contribution in [0.2, 0.25) is 0 Å². The van der Waals surface area contributed by atoms with Gasteiger partial charge in [0.15, 0.2) is 0 Å². The monoisotopic (exact) mass is 162 g/mol. The van der Waals surface area contributed by atoms with Crippen molar-refractivity contribution in [3.05, 3.63) is 17.8 Å². The minimum Gasteiger partial charge on any atom is -0.443 e. The van der Waals surface area contributed by atoms with E-state index in [-0.39, 0.29) is 0 Å². The summed E-state index contributed by atoms with van der Waals surface area (Å²) in [4.78, 5) is 3.46. The summed E-state index contributed by atoms with van der Waals surface area (Å²) < 4.78 is 29.7. The van der Waals surface area contributed by atoms with Gasteiger partial charge in [-0.1, -0.05) is 0 Å². The fourth-order valence-electron chi connectivity index (χ4n) is 0.609. The van der Waals surface area contributed by atoms with Gasteiger partial charge < -0.3 is 10.2 Å². The van der Waals surface area contributed by atoms with Gasteiger partial charge >= 0.3 is 5.92 Å². The first-order chi connectivity index (χ1) is 5.06. The molecule has 0 saturated carbocycles. The van der Waals surface area contributed by atoms with Crippen molar-refractivity contribution < 1.29 is 13.2 Å². The molecule has 0 aliphatic carbocycles. The Kier molecular flexibility index (Phi) is 1.90. The van der Waals surface area contributed by atoms with Gasteiger partial charge in [-0.25, -0.2) is 4.98 Å². The summed E-state index contributed by atoms with van der Waals surface area (Å²) in [6, 6.07) is 0. The zero-order valence-electron chi connectivity index (χ0n) is 5.97. The summed E-state index contributed by atoms with van der Waals surface area (Å²) in [6.45, 7) is 0.784. The number of hydrogen-bond donors (Lipinski definition) is 1. The quantitative estimate of drug-likeness (QED) is 0.706. The molecular formula is C6H8F2N2O. The van der Waals surface area contributed by atoms with E-state index in [1.54, 1.807) is 6.92 Å². The topological polar surface area (TPSA) is 52.0 Å². The predicted molar refractivity (Wildman–Crippen MR) is 34.2 cm³/mol. The van der Waals surface area contributed by atoms with E-state index in [2.05, 4.69) is 9.40 Å². The molecule has 0 unspecified atom stereocenters. The number of hydrogen-bond acceptors (Lipinski definition) is 3. The number of nitrogens with zero attached hydrogens (tertiary/aromatic N) is 1. The van der Waals surface area contributed by atoms with Crippen LogP contribution in [0.5, 0.6) is 0 Å². The van der Waals surface area contributed by atoms with Crippen molar-refractivity contribution in [1.82, 2.24) is 4.98 Å². The molecule has 11 heavy (non-hydrogen) atoms. The normalized spacial score (nSPS) is 12.0. The summed E-state index contributed by atoms with van der Waals surface area (Å²) >= 11 is 0. The van der Waals surface area contributed by atoms with Gasteiger partial charge in [0, 0.05) is 0 Å². The Hall–Kier alpha value is -0.970. The van der Waals surface area contributed by atoms with Crippen molar-refractivity contribution >= 4 is 0 Å². The van der Waals surface area contributed by atoms with Crippen molar-refractivity contribution in [2.24, 2.45) is 5.73 Å². The summed E-state index contributed by atoms with van der Waals surface area (Å²) in [5.41, 5.74) is 5.22. The minimum absolute atomic E-state index is 0.424. The molecule has 1 aromatic rings. The Morgan fingerprint density at radius 1 is 1.73 bits per heavy atom. The van der Waals surface area contributed by atoms with Crippen molar-refractivity contribution in [2.75, 3.05) is 6.54 Å². The van der Waals surface area contributed by atoms with E-state index in [1.165, 1.54) is 6.26 Å². The van der Waals surface area contributed by atoms with Crippen LogP contribution in [0, 0.1) is 6.92 Å². The number of oxazole rings is 1. The molecule has 0 fully saturated rings. The van der Waals surface area contributed by atoms with Gasteiger partial charge in [-0.05, 0) is 6.92 Å². The van der Waals surface area contributed by atoms with E-state index < -0.39 is 18.4 Å². The fraction of sp³-hybridized carbons (Fsp3) is 0.500. The van der Waals surface area contributed by atoms with Crippen molar-refractivity contribution in [1.29, 1.82) is 0 Å². The maximum absolute atomic E-state index is 12.6. The van der Waals surface area contributed by atoms with E-state index >= 15 is 0 Å². The Bertz CT molecular complexity index is 246. The summed E-state index contributed by atoms with van der Waals surface area (Å²) in [5.74, 6) is -3.76. The van der Waals surface area contributed by atoms with Crippen LogP contribution in [0.15, 0.2) is 10.7 Å². The zero-order chi connectivity index (χ0) is 8.48. The molecule has 0 amide bonds. The van der Waals surface area contributed by atoms with Gasteiger partial charge in [0.2, 0.25) is 0 Å². The smallest absolute Gasteiger partial charge is 0.334 e. The first-order valence-electron chi connectivity index (χ1n) is 3.07. The third-order valence-electron chi connectivity index (χ3n) is 1.19. The van der Waals surface area contributed by atoms with Crippen LogP contribution in [-0.4, -0.2) is 11.5 Å². The lowest BCUT2D eigenvalue weighted by Gasteiger charge is -2.07. The van der Waals surface area contributed by atoms with Gasteiger partial charge in [0.1, 0.15) is 6.26 Å². The molecule has 1 heterocycles. The number of rotatable bonds is 2. The van der Waals surface area contributed by atoms with Crippen molar-refractivity contribution in [3.8, 4) is 0 Å². The molecule has 5 heteroatoms. The highest BCUT2D eigenvalue weighted by atomic mass is 19.3. The molecule has 0 aliphatic heterocycles. The largest absolute Gasteiger partial charge is 0.443 e. The second kappa shape index (κ2) is 2.58. The van der Waals surface area contributed by atoms with Crippen LogP contribution in [0.4, 0.5) is 8.78 Å². The molecule has 1 aromatic heterocycles. The predicted octanol–water partition coefficient (Wildman–Crippen LogP) is 1.03. The lowest BCUT2D eigenvalue weighted by Crippen LogP contribution is -2.25. The second-order valence-corrected chi connectivity index (χ2v) is 2.20. The van der Waals surface area contributed by atoms with Crippen molar-refractivity contribution in [2.45, 2.75) is 12.8 Å². The maximum Gasteiger partial charge on any atom is 0.334 e. The summed E-state index contributed by atoms with van der Waals surface area (Å²) in [7, 11) is 0. The molecule has 0 saturated heterocycles. The van der Waals surface area contributed by atoms with Crippen LogP contribution in [0.25, 0.3) is 0 Å². The molecule has 2 N–H and O–H groups in total.